The summed E-state index contributed by atoms with van der Waals surface area (Å²) in [6.07, 6.45) is -2.94. The van der Waals surface area contributed by atoms with Crippen LogP contribution in [0.5, 0.6) is 0 Å². The molecule has 0 saturated heterocycles. The minimum absolute atomic E-state index is 0.0763. The third-order valence-electron chi connectivity index (χ3n) is 2.73. The molecule has 0 amide bonds. The van der Waals surface area contributed by atoms with E-state index in [2.05, 4.69) is 5.10 Å². The molecular formula is C12H10F3N3O3. The number of aromatic carboxylic acids is 1. The first-order valence-corrected chi connectivity index (χ1v) is 5.83. The number of halogens is 3. The highest BCUT2D eigenvalue weighted by Gasteiger charge is 2.27. The van der Waals surface area contributed by atoms with Crippen LogP contribution in [0.3, 0.4) is 0 Å². The lowest BCUT2D eigenvalue weighted by molar-refractivity contribution is -0.137. The zero-order valence-electron chi connectivity index (χ0n) is 10.5. The maximum atomic E-state index is 12.2. The summed E-state index contributed by atoms with van der Waals surface area (Å²) in [7, 11) is 0. The van der Waals surface area contributed by atoms with Crippen molar-refractivity contribution in [2.24, 2.45) is 0 Å². The summed E-state index contributed by atoms with van der Waals surface area (Å²) < 4.78 is 38.7. The molecule has 0 spiro atoms. The highest BCUT2D eigenvalue weighted by Crippen LogP contribution is 2.20. The van der Waals surface area contributed by atoms with Crippen LogP contribution in [0.15, 0.2) is 35.4 Å². The van der Waals surface area contributed by atoms with Gasteiger partial charge in [0.1, 0.15) is 11.4 Å². The molecule has 0 aliphatic rings. The van der Waals surface area contributed by atoms with E-state index in [9.17, 15) is 22.8 Å². The molecule has 0 aromatic carbocycles. The smallest absolute Gasteiger partial charge is 0.390 e. The van der Waals surface area contributed by atoms with Gasteiger partial charge in [0, 0.05) is 12.3 Å². The molecule has 112 valence electrons. The number of rotatable bonds is 4. The Labute approximate surface area is 116 Å². The standard InChI is InChI=1S/C12H10F3N3O3/c13-12(14,15)4-7-18-9(3-5-16-18)17-6-1-2-8(10(17)19)11(20)21/h1-3,5-6H,4,7H2,(H,20,21). The van der Waals surface area contributed by atoms with Gasteiger partial charge in [0.2, 0.25) is 0 Å². The first kappa shape index (κ1) is 14.8. The van der Waals surface area contributed by atoms with Crippen LogP contribution in [0.25, 0.3) is 5.82 Å². The first-order valence-electron chi connectivity index (χ1n) is 5.83. The third-order valence-corrected chi connectivity index (χ3v) is 2.73. The lowest BCUT2D eigenvalue weighted by atomic mass is 10.3. The van der Waals surface area contributed by atoms with Gasteiger partial charge in [0.05, 0.1) is 19.2 Å². The van der Waals surface area contributed by atoms with E-state index in [0.717, 1.165) is 15.3 Å². The minimum atomic E-state index is -4.35. The van der Waals surface area contributed by atoms with Gasteiger partial charge in [-0.25, -0.2) is 9.48 Å². The van der Waals surface area contributed by atoms with Crippen LogP contribution in [-0.4, -0.2) is 31.6 Å². The van der Waals surface area contributed by atoms with Crippen LogP contribution < -0.4 is 5.56 Å². The predicted molar refractivity (Wildman–Crippen MR) is 65.5 cm³/mol. The van der Waals surface area contributed by atoms with Gasteiger partial charge in [-0.15, -0.1) is 0 Å². The van der Waals surface area contributed by atoms with Crippen LogP contribution >= 0.6 is 0 Å². The number of pyridine rings is 1. The van der Waals surface area contributed by atoms with Crippen molar-refractivity contribution in [1.82, 2.24) is 14.3 Å². The molecule has 2 aromatic rings. The largest absolute Gasteiger partial charge is 0.477 e. The molecule has 0 saturated carbocycles. The summed E-state index contributed by atoms with van der Waals surface area (Å²) in [6, 6.07) is 3.78. The average molecular weight is 301 g/mol. The van der Waals surface area contributed by atoms with E-state index >= 15 is 0 Å². The Kier molecular flexibility index (Phi) is 3.83. The molecule has 0 atom stereocenters. The Morgan fingerprint density at radius 2 is 2.05 bits per heavy atom. The van der Waals surface area contributed by atoms with Crippen molar-refractivity contribution in [3.8, 4) is 5.82 Å². The van der Waals surface area contributed by atoms with Gasteiger partial charge in [-0.2, -0.15) is 18.3 Å². The van der Waals surface area contributed by atoms with Crippen molar-refractivity contribution in [3.05, 3.63) is 46.5 Å². The lowest BCUT2D eigenvalue weighted by Crippen LogP contribution is -2.26. The number of aryl methyl sites for hydroxylation is 1. The molecule has 21 heavy (non-hydrogen) atoms. The number of aromatic nitrogens is 3. The van der Waals surface area contributed by atoms with Gasteiger partial charge in [-0.05, 0) is 12.1 Å². The number of carboxylic acids is 1. The van der Waals surface area contributed by atoms with Crippen LogP contribution in [0.4, 0.5) is 13.2 Å². The van der Waals surface area contributed by atoms with E-state index in [1.54, 1.807) is 0 Å². The molecule has 0 bridgehead atoms. The third kappa shape index (κ3) is 3.30. The number of carbonyl (C=O) groups is 1. The molecule has 0 unspecified atom stereocenters. The Balaban J connectivity index is 2.40. The summed E-state index contributed by atoms with van der Waals surface area (Å²) in [5.41, 5.74) is -1.31. The van der Waals surface area contributed by atoms with Crippen LogP contribution in [0, 0.1) is 0 Å². The van der Waals surface area contributed by atoms with E-state index in [-0.39, 0.29) is 5.82 Å². The fourth-order valence-electron chi connectivity index (χ4n) is 1.77. The molecule has 0 aliphatic heterocycles. The van der Waals surface area contributed by atoms with E-state index < -0.39 is 36.2 Å². The maximum Gasteiger partial charge on any atom is 0.390 e. The highest BCUT2D eigenvalue weighted by molar-refractivity contribution is 5.87. The van der Waals surface area contributed by atoms with E-state index in [1.165, 1.54) is 24.5 Å². The molecule has 0 aliphatic carbocycles. The van der Waals surface area contributed by atoms with Crippen molar-refractivity contribution in [1.29, 1.82) is 0 Å². The predicted octanol–water partition coefficient (Wildman–Crippen LogP) is 1.68. The summed E-state index contributed by atoms with van der Waals surface area (Å²) in [6.45, 7) is -0.463. The van der Waals surface area contributed by atoms with Crippen molar-refractivity contribution >= 4 is 5.97 Å². The highest BCUT2D eigenvalue weighted by atomic mass is 19.4. The van der Waals surface area contributed by atoms with Crippen LogP contribution in [0.1, 0.15) is 16.8 Å². The number of hydrogen-bond donors (Lipinski definition) is 1. The molecule has 0 fully saturated rings. The first-order chi connectivity index (χ1) is 9.79. The fraction of sp³-hybridized carbons (Fsp3) is 0.250. The Hall–Kier alpha value is -2.58. The Morgan fingerprint density at radius 1 is 1.33 bits per heavy atom. The summed E-state index contributed by atoms with van der Waals surface area (Å²) in [4.78, 5) is 22.9. The Morgan fingerprint density at radius 3 is 2.67 bits per heavy atom. The second kappa shape index (κ2) is 5.43. The van der Waals surface area contributed by atoms with Crippen molar-refractivity contribution in [2.45, 2.75) is 19.1 Å². The zero-order chi connectivity index (χ0) is 15.6. The van der Waals surface area contributed by atoms with E-state index in [1.807, 2.05) is 0 Å². The number of nitrogens with zero attached hydrogens (tertiary/aromatic N) is 3. The topological polar surface area (TPSA) is 77.1 Å². The quantitative estimate of drug-likeness (QED) is 0.932. The molecule has 9 heteroatoms. The monoisotopic (exact) mass is 301 g/mol. The zero-order valence-corrected chi connectivity index (χ0v) is 10.5. The lowest BCUT2D eigenvalue weighted by Gasteiger charge is -2.11. The summed E-state index contributed by atoms with van der Waals surface area (Å²) in [5.74, 6) is -1.33. The average Bonchev–Trinajstić information content (AvgIpc) is 2.83. The Bertz CT molecular complexity index is 718. The number of carboxylic acid groups (broad SMARTS) is 1. The van der Waals surface area contributed by atoms with Crippen LogP contribution in [-0.2, 0) is 6.54 Å². The normalized spacial score (nSPS) is 11.6. The minimum Gasteiger partial charge on any atom is -0.477 e. The van der Waals surface area contributed by atoms with Crippen molar-refractivity contribution in [3.63, 3.8) is 0 Å². The van der Waals surface area contributed by atoms with Gasteiger partial charge in [-0.1, -0.05) is 0 Å². The van der Waals surface area contributed by atoms with Gasteiger partial charge in [0.15, 0.2) is 0 Å². The summed E-state index contributed by atoms with van der Waals surface area (Å²) >= 11 is 0. The second-order valence-electron chi connectivity index (χ2n) is 4.18. The molecule has 1 N–H and O–H groups in total. The molecule has 2 aromatic heterocycles. The van der Waals surface area contributed by atoms with Gasteiger partial charge in [0.25, 0.3) is 5.56 Å². The van der Waals surface area contributed by atoms with Crippen LogP contribution in [0.2, 0.25) is 0 Å². The van der Waals surface area contributed by atoms with E-state index in [4.69, 9.17) is 5.11 Å². The number of alkyl halides is 3. The van der Waals surface area contributed by atoms with Crippen molar-refractivity contribution in [2.75, 3.05) is 0 Å². The van der Waals surface area contributed by atoms with Crippen molar-refractivity contribution < 1.29 is 23.1 Å². The number of hydrogen-bond acceptors (Lipinski definition) is 3. The van der Waals surface area contributed by atoms with Gasteiger partial charge in [-0.3, -0.25) is 9.36 Å². The SMILES string of the molecule is O=C(O)c1cccn(-c2ccnn2CCC(F)(F)F)c1=O. The van der Waals surface area contributed by atoms with E-state index in [0.29, 0.717) is 0 Å². The molecule has 2 rings (SSSR count). The molecule has 2 heterocycles. The molecule has 6 nitrogen and oxygen atoms in total. The molecular weight excluding hydrogens is 291 g/mol. The van der Waals surface area contributed by atoms with Gasteiger partial charge >= 0.3 is 12.1 Å². The fourth-order valence-corrected chi connectivity index (χ4v) is 1.77. The maximum absolute atomic E-state index is 12.2. The molecule has 0 radical (unpaired) electrons. The second-order valence-corrected chi connectivity index (χ2v) is 4.18. The summed E-state index contributed by atoms with van der Waals surface area (Å²) in [5, 5.41) is 12.6. The van der Waals surface area contributed by atoms with Gasteiger partial charge < -0.3 is 5.11 Å².